The molecule has 2 aromatic carbocycles. The highest BCUT2D eigenvalue weighted by atomic mass is 35.5. The number of nitrogens with zero attached hydrogens (tertiary/aromatic N) is 1. The lowest BCUT2D eigenvalue weighted by Crippen LogP contribution is -2.50. The molecule has 0 aliphatic rings. The summed E-state index contributed by atoms with van der Waals surface area (Å²) in [5.74, 6) is 0.316. The Morgan fingerprint density at radius 1 is 0.968 bits per heavy atom. The molecule has 0 saturated carbocycles. The van der Waals surface area contributed by atoms with Crippen LogP contribution in [0.2, 0.25) is 10.0 Å². The van der Waals surface area contributed by atoms with Crippen LogP contribution >= 0.6 is 23.2 Å². The number of nitrogens with one attached hydrogen (secondary N) is 1. The van der Waals surface area contributed by atoms with Gasteiger partial charge in [0.15, 0.2) is 6.61 Å². The Bertz CT molecular complexity index is 895. The third-order valence-electron chi connectivity index (χ3n) is 4.88. The molecule has 7 heteroatoms. The molecular formula is C24H30Cl2N2O3. The second kappa shape index (κ2) is 11.4. The van der Waals surface area contributed by atoms with Crippen LogP contribution < -0.4 is 10.1 Å². The van der Waals surface area contributed by atoms with E-state index in [1.54, 1.807) is 25.1 Å². The fraction of sp³-hybridized carbons (Fsp3) is 0.417. The van der Waals surface area contributed by atoms with Gasteiger partial charge in [0.25, 0.3) is 5.91 Å². The first-order valence-corrected chi connectivity index (χ1v) is 11.1. The van der Waals surface area contributed by atoms with Gasteiger partial charge in [-0.15, -0.1) is 0 Å². The maximum Gasteiger partial charge on any atom is 0.261 e. The molecule has 0 aliphatic carbocycles. The van der Waals surface area contributed by atoms with Crippen LogP contribution in [0.3, 0.4) is 0 Å². The highest BCUT2D eigenvalue weighted by molar-refractivity contribution is 6.36. The van der Waals surface area contributed by atoms with E-state index in [9.17, 15) is 9.59 Å². The van der Waals surface area contributed by atoms with Crippen molar-refractivity contribution in [1.82, 2.24) is 10.2 Å². The largest absolute Gasteiger partial charge is 0.483 e. The fourth-order valence-corrected chi connectivity index (χ4v) is 3.67. The Morgan fingerprint density at radius 2 is 1.58 bits per heavy atom. The van der Waals surface area contributed by atoms with Crippen LogP contribution in [0.1, 0.15) is 51.7 Å². The van der Waals surface area contributed by atoms with Gasteiger partial charge in [0.2, 0.25) is 5.91 Å². The Kier molecular flexibility index (Phi) is 9.20. The van der Waals surface area contributed by atoms with Crippen molar-refractivity contribution in [1.29, 1.82) is 0 Å². The van der Waals surface area contributed by atoms with Crippen LogP contribution in [0, 0.1) is 0 Å². The van der Waals surface area contributed by atoms with Gasteiger partial charge < -0.3 is 15.0 Å². The number of benzene rings is 2. The van der Waals surface area contributed by atoms with Crippen LogP contribution in [0.15, 0.2) is 42.5 Å². The Morgan fingerprint density at radius 3 is 2.16 bits per heavy atom. The number of carbonyl (C=O) groups is 2. The molecule has 2 aromatic rings. The maximum absolute atomic E-state index is 13.2. The number of rotatable bonds is 9. The zero-order chi connectivity index (χ0) is 23.1. The van der Waals surface area contributed by atoms with Crippen LogP contribution in [0.4, 0.5) is 0 Å². The minimum atomic E-state index is -0.730. The summed E-state index contributed by atoms with van der Waals surface area (Å²) in [4.78, 5) is 27.3. The van der Waals surface area contributed by atoms with E-state index < -0.39 is 6.04 Å². The molecule has 168 valence electrons. The first-order valence-electron chi connectivity index (χ1n) is 10.4. The number of hydrogen-bond acceptors (Lipinski definition) is 3. The molecule has 1 N–H and O–H groups in total. The van der Waals surface area contributed by atoms with Crippen LogP contribution in [0.5, 0.6) is 5.75 Å². The minimum absolute atomic E-state index is 0.0510. The summed E-state index contributed by atoms with van der Waals surface area (Å²) in [5, 5.41) is 3.73. The molecular weight excluding hydrogens is 435 g/mol. The molecule has 2 amide bonds. The lowest BCUT2D eigenvalue weighted by atomic mass is 10.0. The van der Waals surface area contributed by atoms with Crippen molar-refractivity contribution in [3.05, 3.63) is 63.6 Å². The van der Waals surface area contributed by atoms with Crippen LogP contribution in [-0.2, 0) is 16.1 Å². The first kappa shape index (κ1) is 25.0. The van der Waals surface area contributed by atoms with Gasteiger partial charge in [0.05, 0.1) is 0 Å². The molecule has 0 spiro atoms. The van der Waals surface area contributed by atoms with Gasteiger partial charge in [-0.2, -0.15) is 0 Å². The highest BCUT2D eigenvalue weighted by Crippen LogP contribution is 2.28. The molecule has 0 bridgehead atoms. The molecule has 1 atom stereocenters. The molecule has 31 heavy (non-hydrogen) atoms. The summed E-state index contributed by atoms with van der Waals surface area (Å²) in [6.45, 7) is 9.44. The summed E-state index contributed by atoms with van der Waals surface area (Å²) in [6.07, 6.45) is 0. The van der Waals surface area contributed by atoms with Crippen molar-refractivity contribution in [2.24, 2.45) is 0 Å². The summed E-state index contributed by atoms with van der Waals surface area (Å²) < 4.78 is 5.86. The van der Waals surface area contributed by atoms with Gasteiger partial charge in [0.1, 0.15) is 11.8 Å². The van der Waals surface area contributed by atoms with E-state index in [0.29, 0.717) is 21.4 Å². The Balaban J connectivity index is 2.27. The van der Waals surface area contributed by atoms with E-state index in [2.05, 4.69) is 19.2 Å². The highest BCUT2D eigenvalue weighted by Gasteiger charge is 2.28. The molecule has 0 heterocycles. The summed E-state index contributed by atoms with van der Waals surface area (Å²) >= 11 is 12.6. The van der Waals surface area contributed by atoms with Gasteiger partial charge in [-0.1, -0.05) is 61.3 Å². The zero-order valence-corrected chi connectivity index (χ0v) is 20.1. The summed E-state index contributed by atoms with van der Waals surface area (Å²) in [7, 11) is 0. The third-order valence-corrected chi connectivity index (χ3v) is 5.59. The predicted octanol–water partition coefficient (Wildman–Crippen LogP) is 5.44. The molecule has 0 aromatic heterocycles. The SMILES string of the molecule is CC(C)NC(=O)[C@H](C)N(Cc1c(Cl)cccc1Cl)C(=O)COc1ccccc1C(C)C. The molecule has 0 fully saturated rings. The zero-order valence-electron chi connectivity index (χ0n) is 18.6. The van der Waals surface area contributed by atoms with Gasteiger partial charge in [-0.05, 0) is 50.5 Å². The molecule has 5 nitrogen and oxygen atoms in total. The Labute approximate surface area is 194 Å². The maximum atomic E-state index is 13.2. The summed E-state index contributed by atoms with van der Waals surface area (Å²) in [5.41, 5.74) is 1.60. The van der Waals surface area contributed by atoms with Crippen molar-refractivity contribution >= 4 is 35.0 Å². The van der Waals surface area contributed by atoms with Gasteiger partial charge in [-0.3, -0.25) is 9.59 Å². The molecule has 0 unspecified atom stereocenters. The number of halogens is 2. The number of ether oxygens (including phenoxy) is 1. The van der Waals surface area contributed by atoms with Crippen molar-refractivity contribution in [2.45, 2.75) is 59.2 Å². The van der Waals surface area contributed by atoms with Gasteiger partial charge >= 0.3 is 0 Å². The quantitative estimate of drug-likeness (QED) is 0.537. The Hall–Kier alpha value is -2.24. The number of amides is 2. The van der Waals surface area contributed by atoms with Crippen molar-refractivity contribution in [2.75, 3.05) is 6.61 Å². The van der Waals surface area contributed by atoms with E-state index in [-0.39, 0.29) is 36.9 Å². The molecule has 2 rings (SSSR count). The number of hydrogen-bond donors (Lipinski definition) is 1. The van der Waals surface area contributed by atoms with Gasteiger partial charge in [0, 0.05) is 28.2 Å². The van der Waals surface area contributed by atoms with E-state index >= 15 is 0 Å². The van der Waals surface area contributed by atoms with Crippen molar-refractivity contribution in [3.8, 4) is 5.75 Å². The lowest BCUT2D eigenvalue weighted by Gasteiger charge is -2.30. The second-order valence-corrected chi connectivity index (χ2v) is 8.86. The molecule has 0 radical (unpaired) electrons. The van der Waals surface area contributed by atoms with Crippen LogP contribution in [-0.4, -0.2) is 35.4 Å². The van der Waals surface area contributed by atoms with Crippen molar-refractivity contribution in [3.63, 3.8) is 0 Å². The van der Waals surface area contributed by atoms with Crippen LogP contribution in [0.25, 0.3) is 0 Å². The van der Waals surface area contributed by atoms with E-state index in [4.69, 9.17) is 27.9 Å². The van der Waals surface area contributed by atoms with E-state index in [0.717, 1.165) is 5.56 Å². The van der Waals surface area contributed by atoms with Gasteiger partial charge in [-0.25, -0.2) is 0 Å². The summed E-state index contributed by atoms with van der Waals surface area (Å²) in [6, 6.07) is 12.0. The topological polar surface area (TPSA) is 58.6 Å². The molecule has 0 saturated heterocycles. The smallest absolute Gasteiger partial charge is 0.261 e. The minimum Gasteiger partial charge on any atom is -0.483 e. The predicted molar refractivity (Wildman–Crippen MR) is 126 cm³/mol. The van der Waals surface area contributed by atoms with E-state index in [1.807, 2.05) is 38.1 Å². The fourth-order valence-electron chi connectivity index (χ4n) is 3.15. The normalized spacial score (nSPS) is 12.0. The second-order valence-electron chi connectivity index (χ2n) is 8.04. The average Bonchev–Trinajstić information content (AvgIpc) is 2.71. The molecule has 0 aliphatic heterocycles. The first-order chi connectivity index (χ1) is 14.6. The van der Waals surface area contributed by atoms with E-state index in [1.165, 1.54) is 4.90 Å². The monoisotopic (exact) mass is 464 g/mol. The number of carbonyl (C=O) groups excluding carboxylic acids is 2. The third kappa shape index (κ3) is 6.88. The standard InChI is InChI=1S/C24H30Cl2N2O3/c1-15(2)18-9-6-7-12-22(18)31-14-23(29)28(17(5)24(30)27-16(3)4)13-19-20(25)10-8-11-21(19)26/h6-12,15-17H,13-14H2,1-5H3,(H,27,30)/t17-/m0/s1. The lowest BCUT2D eigenvalue weighted by molar-refractivity contribution is -0.142. The number of para-hydroxylation sites is 1. The van der Waals surface area contributed by atoms with Crippen molar-refractivity contribution < 1.29 is 14.3 Å². The average molecular weight is 465 g/mol.